The van der Waals surface area contributed by atoms with E-state index in [0.29, 0.717) is 18.5 Å². The molecule has 0 saturated heterocycles. The van der Waals surface area contributed by atoms with Gasteiger partial charge in [0.2, 0.25) is 10.0 Å². The fraction of sp³-hybridized carbons (Fsp3) is 0.533. The predicted molar refractivity (Wildman–Crippen MR) is 84.3 cm³/mol. The van der Waals surface area contributed by atoms with Crippen LogP contribution in [0.15, 0.2) is 18.2 Å². The lowest BCUT2D eigenvalue weighted by atomic mass is 9.94. The molecule has 0 amide bonds. The summed E-state index contributed by atoms with van der Waals surface area (Å²) in [5, 5.41) is 8.66. The summed E-state index contributed by atoms with van der Waals surface area (Å²) in [5.41, 5.74) is 0.430. The number of pyridine rings is 1. The molecule has 1 aromatic rings. The van der Waals surface area contributed by atoms with Crippen molar-refractivity contribution in [2.75, 3.05) is 17.1 Å². The fourth-order valence-electron chi connectivity index (χ4n) is 1.42. The van der Waals surface area contributed by atoms with E-state index >= 15 is 0 Å². The van der Waals surface area contributed by atoms with Gasteiger partial charge in [0.05, 0.1) is 12.4 Å². The Balaban J connectivity index is 2.75. The number of rotatable bonds is 5. The molecule has 0 unspecified atom stereocenters. The number of hydrogen-bond acceptors (Lipinski definition) is 4. The van der Waals surface area contributed by atoms with Crippen molar-refractivity contribution in [1.82, 2.24) is 4.98 Å². The molecule has 0 atom stereocenters. The zero-order chi connectivity index (χ0) is 15.9. The van der Waals surface area contributed by atoms with Gasteiger partial charge in [-0.25, -0.2) is 13.4 Å². The third-order valence-corrected chi connectivity index (χ3v) is 3.84. The van der Waals surface area contributed by atoms with Crippen LogP contribution in [0.5, 0.6) is 0 Å². The summed E-state index contributed by atoms with van der Waals surface area (Å²) >= 11 is 0. The smallest absolute Gasteiger partial charge is 0.233 e. The van der Waals surface area contributed by atoms with Crippen LogP contribution in [-0.2, 0) is 10.0 Å². The molecule has 2 N–H and O–H groups in total. The van der Waals surface area contributed by atoms with Gasteiger partial charge in [-0.15, -0.1) is 0 Å². The van der Waals surface area contributed by atoms with Crippen molar-refractivity contribution in [3.8, 4) is 11.8 Å². The normalized spacial score (nSPS) is 11.6. The van der Waals surface area contributed by atoms with E-state index in [9.17, 15) is 8.42 Å². The molecule has 0 aliphatic heterocycles. The van der Waals surface area contributed by atoms with E-state index in [4.69, 9.17) is 5.11 Å². The highest BCUT2D eigenvalue weighted by atomic mass is 32.2. The van der Waals surface area contributed by atoms with Gasteiger partial charge in [-0.05, 0) is 29.9 Å². The molecule has 21 heavy (non-hydrogen) atoms. The fourth-order valence-corrected chi connectivity index (χ4v) is 2.84. The maximum absolute atomic E-state index is 12.0. The van der Waals surface area contributed by atoms with Gasteiger partial charge < -0.3 is 5.11 Å². The van der Waals surface area contributed by atoms with Gasteiger partial charge in [0.15, 0.2) is 0 Å². The van der Waals surface area contributed by atoms with Gasteiger partial charge in [-0.3, -0.25) is 4.72 Å². The summed E-state index contributed by atoms with van der Waals surface area (Å²) in [6.45, 7) is 5.99. The average Bonchev–Trinajstić information content (AvgIpc) is 2.36. The Hall–Kier alpha value is -1.58. The van der Waals surface area contributed by atoms with Gasteiger partial charge in [0.1, 0.15) is 11.5 Å². The summed E-state index contributed by atoms with van der Waals surface area (Å²) < 4.78 is 26.5. The molecule has 0 radical (unpaired) electrons. The van der Waals surface area contributed by atoms with Crippen molar-refractivity contribution < 1.29 is 13.5 Å². The molecule has 1 rings (SSSR count). The first kappa shape index (κ1) is 17.5. The van der Waals surface area contributed by atoms with Crippen LogP contribution in [0.2, 0.25) is 0 Å². The average molecular weight is 310 g/mol. The van der Waals surface area contributed by atoms with Crippen LogP contribution < -0.4 is 4.72 Å². The molecule has 0 saturated carbocycles. The molecule has 0 aliphatic carbocycles. The molecule has 0 bridgehead atoms. The van der Waals surface area contributed by atoms with E-state index in [2.05, 4.69) is 21.5 Å². The molecule has 5 nitrogen and oxygen atoms in total. The zero-order valence-corrected chi connectivity index (χ0v) is 13.5. The van der Waals surface area contributed by atoms with Crippen LogP contribution in [0.25, 0.3) is 0 Å². The highest BCUT2D eigenvalue weighted by Crippen LogP contribution is 2.19. The lowest BCUT2D eigenvalue weighted by Crippen LogP contribution is -2.21. The minimum absolute atomic E-state index is 0.00781. The van der Waals surface area contributed by atoms with Crippen LogP contribution >= 0.6 is 0 Å². The van der Waals surface area contributed by atoms with E-state index in [0.717, 1.165) is 0 Å². The maximum atomic E-state index is 12.0. The third-order valence-electron chi connectivity index (χ3n) is 2.58. The molecular formula is C15H22N2O3S. The number of aromatic nitrogens is 1. The van der Waals surface area contributed by atoms with Crippen LogP contribution in [0.4, 0.5) is 5.82 Å². The molecule has 6 heteroatoms. The first-order valence-corrected chi connectivity index (χ1v) is 8.44. The molecule has 0 aromatic carbocycles. The van der Waals surface area contributed by atoms with E-state index in [1.807, 2.05) is 20.8 Å². The summed E-state index contributed by atoms with van der Waals surface area (Å²) in [6, 6.07) is 4.97. The van der Waals surface area contributed by atoms with Crippen LogP contribution in [0.1, 0.15) is 39.3 Å². The van der Waals surface area contributed by atoms with Gasteiger partial charge in [0.25, 0.3) is 0 Å². The van der Waals surface area contributed by atoms with Crippen molar-refractivity contribution in [3.05, 3.63) is 23.9 Å². The first-order valence-electron chi connectivity index (χ1n) is 6.79. The molecular weight excluding hydrogens is 288 g/mol. The highest BCUT2D eigenvalue weighted by molar-refractivity contribution is 7.92. The second-order valence-corrected chi connectivity index (χ2v) is 7.76. The number of sulfonamides is 1. The Labute approximate surface area is 126 Å². The topological polar surface area (TPSA) is 79.3 Å². The number of hydrogen-bond donors (Lipinski definition) is 2. The van der Waals surface area contributed by atoms with Gasteiger partial charge in [-0.2, -0.15) is 0 Å². The Kier molecular flexibility index (Phi) is 6.19. The quantitative estimate of drug-likeness (QED) is 0.815. The third kappa shape index (κ3) is 7.69. The number of aliphatic hydroxyl groups excluding tert-OH is 1. The molecule has 0 spiro atoms. The van der Waals surface area contributed by atoms with Crippen molar-refractivity contribution in [3.63, 3.8) is 0 Å². The molecule has 0 aliphatic rings. The summed E-state index contributed by atoms with van der Waals surface area (Å²) in [4.78, 5) is 4.13. The number of anilines is 1. The largest absolute Gasteiger partial charge is 0.395 e. The number of nitrogens with one attached hydrogen (secondary N) is 1. The lowest BCUT2D eigenvalue weighted by molar-refractivity contribution is 0.305. The SMILES string of the molecule is CC(C)(C)CCS(=O)(=O)Nc1cccc(C#CCCO)n1. The summed E-state index contributed by atoms with van der Waals surface area (Å²) in [7, 11) is -3.41. The van der Waals surface area contributed by atoms with Gasteiger partial charge in [0, 0.05) is 6.42 Å². The lowest BCUT2D eigenvalue weighted by Gasteiger charge is -2.17. The Morgan fingerprint density at radius 2 is 2.05 bits per heavy atom. The minimum atomic E-state index is -3.41. The van der Waals surface area contributed by atoms with Crippen LogP contribution in [0, 0.1) is 17.3 Å². The summed E-state index contributed by atoms with van der Waals surface area (Å²) in [5.74, 6) is 5.84. The van der Waals surface area contributed by atoms with E-state index in [-0.39, 0.29) is 23.6 Å². The second-order valence-electron chi connectivity index (χ2n) is 5.92. The maximum Gasteiger partial charge on any atom is 0.233 e. The molecule has 0 fully saturated rings. The van der Waals surface area contributed by atoms with Crippen molar-refractivity contribution in [1.29, 1.82) is 0 Å². The standard InChI is InChI=1S/C15H22N2O3S/c1-15(2,3)10-12-21(19,20)17-14-9-6-8-13(16-14)7-4-5-11-18/h6,8-9,18H,5,10-12H2,1-3H3,(H,16,17). The monoisotopic (exact) mass is 310 g/mol. The zero-order valence-electron chi connectivity index (χ0n) is 12.7. The van der Waals surface area contributed by atoms with Crippen molar-refractivity contribution >= 4 is 15.8 Å². The Morgan fingerprint density at radius 1 is 1.33 bits per heavy atom. The Bertz CT molecular complexity index is 622. The molecule has 1 aromatic heterocycles. The highest BCUT2D eigenvalue weighted by Gasteiger charge is 2.17. The minimum Gasteiger partial charge on any atom is -0.395 e. The van der Waals surface area contributed by atoms with Crippen molar-refractivity contribution in [2.24, 2.45) is 5.41 Å². The predicted octanol–water partition coefficient (Wildman–Crippen LogP) is 1.99. The van der Waals surface area contributed by atoms with Crippen LogP contribution in [-0.4, -0.2) is 30.9 Å². The van der Waals surface area contributed by atoms with Crippen molar-refractivity contribution in [2.45, 2.75) is 33.6 Å². The first-order chi connectivity index (χ1) is 9.72. The van der Waals surface area contributed by atoms with E-state index in [1.54, 1.807) is 18.2 Å². The number of aliphatic hydroxyl groups is 1. The van der Waals surface area contributed by atoms with Gasteiger partial charge in [-0.1, -0.05) is 32.8 Å². The molecule has 116 valence electrons. The second kappa shape index (κ2) is 7.43. The number of nitrogens with zero attached hydrogens (tertiary/aromatic N) is 1. The Morgan fingerprint density at radius 3 is 2.67 bits per heavy atom. The summed E-state index contributed by atoms with van der Waals surface area (Å²) in [6.07, 6.45) is 0.932. The van der Waals surface area contributed by atoms with Crippen LogP contribution in [0.3, 0.4) is 0 Å². The van der Waals surface area contributed by atoms with Gasteiger partial charge >= 0.3 is 0 Å². The van der Waals surface area contributed by atoms with E-state index < -0.39 is 10.0 Å². The van der Waals surface area contributed by atoms with E-state index in [1.165, 1.54) is 0 Å². The molecule has 1 heterocycles.